The van der Waals surface area contributed by atoms with E-state index in [0.29, 0.717) is 11.4 Å². The van der Waals surface area contributed by atoms with Gasteiger partial charge in [-0.1, -0.05) is 16.8 Å². The second kappa shape index (κ2) is 5.77. The Morgan fingerprint density at radius 2 is 2.32 bits per heavy atom. The monoisotopic (exact) mass is 284 g/mol. The molecule has 1 aromatic heterocycles. The molecular weight excluding hydrogens is 275 g/mol. The number of amides is 1. The van der Waals surface area contributed by atoms with Crippen LogP contribution in [0.4, 0.5) is 10.1 Å². The molecule has 1 heterocycles. The van der Waals surface area contributed by atoms with Crippen LogP contribution in [0.5, 0.6) is 0 Å². The average Bonchev–Trinajstić information content (AvgIpc) is 2.81. The number of carbonyl (C=O) groups is 1. The molecule has 19 heavy (non-hydrogen) atoms. The normalized spacial score (nSPS) is 10.5. The molecule has 100 valence electrons. The van der Waals surface area contributed by atoms with E-state index in [-0.39, 0.29) is 24.1 Å². The highest BCUT2D eigenvalue weighted by Crippen LogP contribution is 2.19. The molecule has 0 aliphatic carbocycles. The summed E-state index contributed by atoms with van der Waals surface area (Å²) in [6, 6.07) is 3.88. The van der Waals surface area contributed by atoms with Gasteiger partial charge in [-0.25, -0.2) is 9.07 Å². The van der Waals surface area contributed by atoms with Crippen LogP contribution < -0.4 is 5.32 Å². The van der Waals surface area contributed by atoms with Gasteiger partial charge in [0.1, 0.15) is 18.1 Å². The number of aliphatic hydroxyl groups excluding tert-OH is 1. The maximum Gasteiger partial charge on any atom is 0.246 e. The molecule has 2 rings (SSSR count). The molecule has 0 unspecified atom stereocenters. The van der Waals surface area contributed by atoms with E-state index in [1.165, 1.54) is 23.0 Å². The molecular formula is C11H10ClFN4O2. The van der Waals surface area contributed by atoms with Crippen LogP contribution in [0.1, 0.15) is 5.69 Å². The number of anilines is 1. The molecule has 8 heteroatoms. The topological polar surface area (TPSA) is 80.0 Å². The van der Waals surface area contributed by atoms with Gasteiger partial charge in [-0.05, 0) is 18.2 Å². The molecule has 0 fully saturated rings. The summed E-state index contributed by atoms with van der Waals surface area (Å²) in [5, 5.41) is 18.6. The SMILES string of the molecule is O=C(Cn1cc(CO)nn1)Nc1ccc(F)c(Cl)c1. The van der Waals surface area contributed by atoms with E-state index >= 15 is 0 Å². The molecule has 1 aromatic carbocycles. The van der Waals surface area contributed by atoms with Gasteiger partial charge in [0.15, 0.2) is 0 Å². The van der Waals surface area contributed by atoms with Crippen molar-refractivity contribution in [2.24, 2.45) is 0 Å². The fourth-order valence-corrected chi connectivity index (χ4v) is 1.59. The molecule has 0 saturated heterocycles. The van der Waals surface area contributed by atoms with Crippen LogP contribution in [0.3, 0.4) is 0 Å². The number of nitrogens with one attached hydrogen (secondary N) is 1. The van der Waals surface area contributed by atoms with E-state index in [9.17, 15) is 9.18 Å². The Morgan fingerprint density at radius 1 is 1.53 bits per heavy atom. The Labute approximate surface area is 112 Å². The summed E-state index contributed by atoms with van der Waals surface area (Å²) in [7, 11) is 0. The molecule has 6 nitrogen and oxygen atoms in total. The zero-order chi connectivity index (χ0) is 13.8. The van der Waals surface area contributed by atoms with Gasteiger partial charge in [0, 0.05) is 5.69 Å². The lowest BCUT2D eigenvalue weighted by atomic mass is 10.3. The summed E-state index contributed by atoms with van der Waals surface area (Å²) >= 11 is 5.60. The van der Waals surface area contributed by atoms with E-state index in [4.69, 9.17) is 16.7 Å². The highest BCUT2D eigenvalue weighted by atomic mass is 35.5. The van der Waals surface area contributed by atoms with E-state index < -0.39 is 5.82 Å². The number of hydrogen-bond acceptors (Lipinski definition) is 4. The molecule has 1 amide bonds. The van der Waals surface area contributed by atoms with Crippen LogP contribution in [-0.2, 0) is 17.9 Å². The van der Waals surface area contributed by atoms with Crippen molar-refractivity contribution in [1.82, 2.24) is 15.0 Å². The van der Waals surface area contributed by atoms with Gasteiger partial charge in [0.05, 0.1) is 17.8 Å². The Morgan fingerprint density at radius 3 is 2.95 bits per heavy atom. The highest BCUT2D eigenvalue weighted by Gasteiger charge is 2.07. The first kappa shape index (κ1) is 13.4. The number of halogens is 2. The molecule has 2 aromatic rings. The van der Waals surface area contributed by atoms with E-state index in [1.807, 2.05) is 0 Å². The van der Waals surface area contributed by atoms with Gasteiger partial charge in [0.25, 0.3) is 0 Å². The van der Waals surface area contributed by atoms with Gasteiger partial charge in [-0.15, -0.1) is 5.10 Å². The number of carbonyl (C=O) groups excluding carboxylic acids is 1. The molecule has 0 bridgehead atoms. The summed E-state index contributed by atoms with van der Waals surface area (Å²) < 4.78 is 14.2. The number of rotatable bonds is 4. The van der Waals surface area contributed by atoms with Crippen molar-refractivity contribution in [1.29, 1.82) is 0 Å². The van der Waals surface area contributed by atoms with Gasteiger partial charge < -0.3 is 10.4 Å². The van der Waals surface area contributed by atoms with E-state index in [2.05, 4.69) is 15.6 Å². The van der Waals surface area contributed by atoms with Crippen LogP contribution in [0, 0.1) is 5.82 Å². The van der Waals surface area contributed by atoms with Gasteiger partial charge in [-0.3, -0.25) is 4.79 Å². The number of hydrogen-bond donors (Lipinski definition) is 2. The maximum absolute atomic E-state index is 12.9. The Hall–Kier alpha value is -1.99. The lowest BCUT2D eigenvalue weighted by Gasteiger charge is -2.05. The Balaban J connectivity index is 1.98. The van der Waals surface area contributed by atoms with Crippen molar-refractivity contribution in [3.63, 3.8) is 0 Å². The molecule has 0 aliphatic heterocycles. The average molecular weight is 285 g/mol. The molecule has 0 saturated carbocycles. The second-order valence-electron chi connectivity index (χ2n) is 3.74. The van der Waals surface area contributed by atoms with Crippen LogP contribution in [-0.4, -0.2) is 26.0 Å². The quantitative estimate of drug-likeness (QED) is 0.884. The summed E-state index contributed by atoms with van der Waals surface area (Å²) in [6.45, 7) is -0.308. The van der Waals surface area contributed by atoms with Crippen molar-refractivity contribution in [2.75, 3.05) is 5.32 Å². The third kappa shape index (κ3) is 3.49. The van der Waals surface area contributed by atoms with Gasteiger partial charge in [-0.2, -0.15) is 0 Å². The van der Waals surface area contributed by atoms with Gasteiger partial charge in [0.2, 0.25) is 5.91 Å². The fourth-order valence-electron chi connectivity index (χ4n) is 1.41. The number of aromatic nitrogens is 3. The van der Waals surface area contributed by atoms with Gasteiger partial charge >= 0.3 is 0 Å². The zero-order valence-corrected chi connectivity index (χ0v) is 10.4. The first-order valence-corrected chi connectivity index (χ1v) is 5.71. The first-order chi connectivity index (χ1) is 9.08. The Bertz CT molecular complexity index is 602. The van der Waals surface area contributed by atoms with Crippen molar-refractivity contribution >= 4 is 23.2 Å². The minimum Gasteiger partial charge on any atom is -0.390 e. The number of aliphatic hydroxyl groups is 1. The van der Waals surface area contributed by atoms with E-state index in [0.717, 1.165) is 6.07 Å². The summed E-state index contributed by atoms with van der Waals surface area (Å²) in [6.07, 6.45) is 1.46. The van der Waals surface area contributed by atoms with E-state index in [1.54, 1.807) is 0 Å². The molecule has 2 N–H and O–H groups in total. The summed E-state index contributed by atoms with van der Waals surface area (Å²) in [4.78, 5) is 11.7. The van der Waals surface area contributed by atoms with Crippen LogP contribution in [0.25, 0.3) is 0 Å². The molecule has 0 spiro atoms. The fraction of sp³-hybridized carbons (Fsp3) is 0.182. The third-order valence-electron chi connectivity index (χ3n) is 2.26. The first-order valence-electron chi connectivity index (χ1n) is 5.33. The summed E-state index contributed by atoms with van der Waals surface area (Å²) in [5.41, 5.74) is 0.761. The van der Waals surface area contributed by atoms with Crippen LogP contribution in [0.2, 0.25) is 5.02 Å². The van der Waals surface area contributed by atoms with Crippen molar-refractivity contribution < 1.29 is 14.3 Å². The molecule has 0 atom stereocenters. The predicted octanol–water partition coefficient (Wildman–Crippen LogP) is 1.20. The van der Waals surface area contributed by atoms with Crippen LogP contribution >= 0.6 is 11.6 Å². The smallest absolute Gasteiger partial charge is 0.246 e. The standard InChI is InChI=1S/C11H10ClFN4O2/c12-9-3-7(1-2-10(9)13)14-11(19)5-17-4-8(6-18)15-16-17/h1-4,18H,5-6H2,(H,14,19). The predicted molar refractivity (Wildman–Crippen MR) is 66.0 cm³/mol. The minimum atomic E-state index is -0.552. The Kier molecular flexibility index (Phi) is 4.08. The second-order valence-corrected chi connectivity index (χ2v) is 4.15. The largest absolute Gasteiger partial charge is 0.390 e. The van der Waals surface area contributed by atoms with Crippen molar-refractivity contribution in [2.45, 2.75) is 13.2 Å². The maximum atomic E-state index is 12.9. The van der Waals surface area contributed by atoms with Crippen LogP contribution in [0.15, 0.2) is 24.4 Å². The lowest BCUT2D eigenvalue weighted by molar-refractivity contribution is -0.116. The van der Waals surface area contributed by atoms with Crippen molar-refractivity contribution in [3.8, 4) is 0 Å². The third-order valence-corrected chi connectivity index (χ3v) is 2.55. The zero-order valence-electron chi connectivity index (χ0n) is 9.68. The summed E-state index contributed by atoms with van der Waals surface area (Å²) in [5.74, 6) is -0.916. The van der Waals surface area contributed by atoms with Crippen molar-refractivity contribution in [3.05, 3.63) is 40.9 Å². The lowest BCUT2D eigenvalue weighted by Crippen LogP contribution is -2.19. The minimum absolute atomic E-state index is 0.0675. The number of benzene rings is 1. The highest BCUT2D eigenvalue weighted by molar-refractivity contribution is 6.31. The molecule has 0 aliphatic rings. The number of nitrogens with zero attached hydrogens (tertiary/aromatic N) is 3. The molecule has 0 radical (unpaired) electrons.